The zero-order valence-corrected chi connectivity index (χ0v) is 10.00. The number of nitrogens with two attached hydrogens (primary N) is 1. The lowest BCUT2D eigenvalue weighted by Gasteiger charge is -2.11. The molecule has 5 heteroatoms. The van der Waals surface area contributed by atoms with E-state index in [0.717, 1.165) is 11.1 Å². The number of hydrogen-bond acceptors (Lipinski definition) is 4. The zero-order chi connectivity index (χ0) is 13.0. The lowest BCUT2D eigenvalue weighted by molar-refractivity contribution is -0.117. The van der Waals surface area contributed by atoms with Gasteiger partial charge in [0.15, 0.2) is 5.82 Å². The van der Waals surface area contributed by atoms with Gasteiger partial charge in [0.25, 0.3) is 0 Å². The molecule has 1 aromatic carbocycles. The Labute approximate surface area is 105 Å². The van der Waals surface area contributed by atoms with E-state index >= 15 is 0 Å². The first-order valence-corrected chi connectivity index (χ1v) is 5.57. The Kier molecular flexibility index (Phi) is 3.64. The number of carbonyl (C=O) groups is 1. The molecule has 0 radical (unpaired) electrons. The Hall–Kier alpha value is -2.27. The van der Waals surface area contributed by atoms with Crippen LogP contribution in [0.3, 0.4) is 0 Å². The van der Waals surface area contributed by atoms with Crippen molar-refractivity contribution in [3.05, 3.63) is 53.7 Å². The minimum atomic E-state index is -0.715. The van der Waals surface area contributed by atoms with Crippen LogP contribution in [0.4, 0.5) is 5.82 Å². The minimum Gasteiger partial charge on any atom is -0.316 e. The Morgan fingerprint density at radius 3 is 2.61 bits per heavy atom. The van der Waals surface area contributed by atoms with Crippen molar-refractivity contribution in [2.45, 2.75) is 13.0 Å². The van der Waals surface area contributed by atoms with E-state index in [-0.39, 0.29) is 5.91 Å². The second kappa shape index (κ2) is 5.37. The number of benzene rings is 1. The fourth-order valence-corrected chi connectivity index (χ4v) is 1.50. The number of aromatic nitrogens is 2. The maximum atomic E-state index is 11.9. The van der Waals surface area contributed by atoms with Gasteiger partial charge < -0.3 is 11.1 Å². The fraction of sp³-hybridized carbons (Fsp3) is 0.154. The van der Waals surface area contributed by atoms with E-state index in [9.17, 15) is 4.79 Å². The number of nitrogens with one attached hydrogen (secondary N) is 1. The summed E-state index contributed by atoms with van der Waals surface area (Å²) in [5, 5.41) is 10.1. The lowest BCUT2D eigenvalue weighted by atomic mass is 10.1. The van der Waals surface area contributed by atoms with Crippen LogP contribution in [0.25, 0.3) is 0 Å². The van der Waals surface area contributed by atoms with Gasteiger partial charge in [0, 0.05) is 6.20 Å². The Balaban J connectivity index is 2.07. The third-order valence-corrected chi connectivity index (χ3v) is 2.54. The summed E-state index contributed by atoms with van der Waals surface area (Å²) in [5.74, 6) is 0.0874. The molecule has 0 aliphatic heterocycles. The number of amides is 1. The van der Waals surface area contributed by atoms with Crippen molar-refractivity contribution < 1.29 is 4.79 Å². The van der Waals surface area contributed by atoms with Crippen molar-refractivity contribution in [2.24, 2.45) is 5.73 Å². The first kappa shape index (κ1) is 12.2. The van der Waals surface area contributed by atoms with Gasteiger partial charge in [0.05, 0.1) is 0 Å². The van der Waals surface area contributed by atoms with E-state index in [1.165, 1.54) is 6.20 Å². The maximum Gasteiger partial charge on any atom is 0.247 e. The van der Waals surface area contributed by atoms with Crippen LogP contribution >= 0.6 is 0 Å². The predicted molar refractivity (Wildman–Crippen MR) is 68.8 cm³/mol. The highest BCUT2D eigenvalue weighted by atomic mass is 16.2. The number of hydrogen-bond donors (Lipinski definition) is 2. The monoisotopic (exact) mass is 242 g/mol. The van der Waals surface area contributed by atoms with E-state index in [4.69, 9.17) is 5.73 Å². The number of aryl methyl sites for hydroxylation is 1. The molecule has 1 amide bonds. The van der Waals surface area contributed by atoms with Crippen LogP contribution in [0.15, 0.2) is 42.6 Å². The highest BCUT2D eigenvalue weighted by molar-refractivity contribution is 5.94. The molecular formula is C13H14N4O. The van der Waals surface area contributed by atoms with Gasteiger partial charge >= 0.3 is 0 Å². The number of carbonyl (C=O) groups excluding carboxylic acids is 1. The third kappa shape index (κ3) is 2.89. The average Bonchev–Trinajstić information content (AvgIpc) is 2.40. The van der Waals surface area contributed by atoms with Gasteiger partial charge in [-0.1, -0.05) is 29.8 Å². The van der Waals surface area contributed by atoms with E-state index in [0.29, 0.717) is 5.82 Å². The van der Waals surface area contributed by atoms with Crippen molar-refractivity contribution in [1.29, 1.82) is 0 Å². The van der Waals surface area contributed by atoms with Crippen LogP contribution in [0.5, 0.6) is 0 Å². The summed E-state index contributed by atoms with van der Waals surface area (Å²) in [6, 6.07) is 10.2. The highest BCUT2D eigenvalue weighted by Gasteiger charge is 2.15. The van der Waals surface area contributed by atoms with Crippen molar-refractivity contribution in [3.63, 3.8) is 0 Å². The standard InChI is InChI=1S/C13H14N4O/c1-9-4-6-10(7-5-9)12(14)13(18)16-11-3-2-8-15-17-11/h2-8,12H,14H2,1H3,(H,16,17,18). The van der Waals surface area contributed by atoms with E-state index in [1.54, 1.807) is 12.1 Å². The molecular weight excluding hydrogens is 228 g/mol. The van der Waals surface area contributed by atoms with Crippen LogP contribution in [-0.4, -0.2) is 16.1 Å². The fourth-order valence-electron chi connectivity index (χ4n) is 1.50. The summed E-state index contributed by atoms with van der Waals surface area (Å²) in [6.45, 7) is 1.98. The van der Waals surface area contributed by atoms with Crippen molar-refractivity contribution >= 4 is 11.7 Å². The highest BCUT2D eigenvalue weighted by Crippen LogP contribution is 2.13. The molecule has 0 aliphatic carbocycles. The molecule has 0 saturated carbocycles. The smallest absolute Gasteiger partial charge is 0.247 e. The molecule has 3 N–H and O–H groups in total. The molecule has 0 fully saturated rings. The second-order valence-corrected chi connectivity index (χ2v) is 3.99. The van der Waals surface area contributed by atoms with Crippen molar-refractivity contribution in [3.8, 4) is 0 Å². The van der Waals surface area contributed by atoms with Gasteiger partial charge in [-0.3, -0.25) is 4.79 Å². The molecule has 1 aromatic heterocycles. The van der Waals surface area contributed by atoms with Crippen LogP contribution in [0.1, 0.15) is 17.2 Å². The second-order valence-electron chi connectivity index (χ2n) is 3.99. The van der Waals surface area contributed by atoms with Gasteiger partial charge in [-0.25, -0.2) is 0 Å². The molecule has 0 bridgehead atoms. The molecule has 0 saturated heterocycles. The molecule has 0 aliphatic rings. The van der Waals surface area contributed by atoms with Crippen LogP contribution in [0.2, 0.25) is 0 Å². The topological polar surface area (TPSA) is 80.9 Å². The minimum absolute atomic E-state index is 0.306. The summed E-state index contributed by atoms with van der Waals surface area (Å²) in [6.07, 6.45) is 1.54. The van der Waals surface area contributed by atoms with E-state index < -0.39 is 6.04 Å². The molecule has 5 nitrogen and oxygen atoms in total. The maximum absolute atomic E-state index is 11.9. The first-order chi connectivity index (χ1) is 8.66. The molecule has 1 atom stereocenters. The largest absolute Gasteiger partial charge is 0.316 e. The van der Waals surface area contributed by atoms with Gasteiger partial charge in [0.1, 0.15) is 6.04 Å². The quantitative estimate of drug-likeness (QED) is 0.853. The van der Waals surface area contributed by atoms with Gasteiger partial charge in [-0.2, -0.15) is 5.10 Å². The van der Waals surface area contributed by atoms with Crippen LogP contribution in [0, 0.1) is 6.92 Å². The Morgan fingerprint density at radius 2 is 2.00 bits per heavy atom. The van der Waals surface area contributed by atoms with Gasteiger partial charge in [-0.15, -0.1) is 5.10 Å². The average molecular weight is 242 g/mol. The summed E-state index contributed by atoms with van der Waals surface area (Å²) in [5.41, 5.74) is 7.77. The van der Waals surface area contributed by atoms with Crippen LogP contribution in [-0.2, 0) is 4.79 Å². The Morgan fingerprint density at radius 1 is 1.28 bits per heavy atom. The van der Waals surface area contributed by atoms with Gasteiger partial charge in [0.2, 0.25) is 5.91 Å². The lowest BCUT2D eigenvalue weighted by Crippen LogP contribution is -2.28. The molecule has 1 unspecified atom stereocenters. The third-order valence-electron chi connectivity index (χ3n) is 2.54. The summed E-state index contributed by atoms with van der Waals surface area (Å²) >= 11 is 0. The number of rotatable bonds is 3. The zero-order valence-electron chi connectivity index (χ0n) is 10.00. The van der Waals surface area contributed by atoms with Crippen LogP contribution < -0.4 is 11.1 Å². The SMILES string of the molecule is Cc1ccc(C(N)C(=O)Nc2cccnn2)cc1. The molecule has 18 heavy (non-hydrogen) atoms. The molecule has 2 aromatic rings. The molecule has 92 valence electrons. The van der Waals surface area contributed by atoms with Crippen molar-refractivity contribution in [2.75, 3.05) is 5.32 Å². The molecule has 1 heterocycles. The van der Waals surface area contributed by atoms with E-state index in [1.807, 2.05) is 31.2 Å². The molecule has 0 spiro atoms. The van der Waals surface area contributed by atoms with Gasteiger partial charge in [-0.05, 0) is 24.6 Å². The predicted octanol–water partition coefficient (Wildman–Crippen LogP) is 1.42. The number of nitrogens with zero attached hydrogens (tertiary/aromatic N) is 2. The molecule has 2 rings (SSSR count). The Bertz CT molecular complexity index is 524. The summed E-state index contributed by atoms with van der Waals surface area (Å²) in [7, 11) is 0. The number of anilines is 1. The normalized spacial score (nSPS) is 11.9. The summed E-state index contributed by atoms with van der Waals surface area (Å²) in [4.78, 5) is 11.9. The van der Waals surface area contributed by atoms with Crippen molar-refractivity contribution in [1.82, 2.24) is 10.2 Å². The first-order valence-electron chi connectivity index (χ1n) is 5.57. The van der Waals surface area contributed by atoms with E-state index in [2.05, 4.69) is 15.5 Å². The summed E-state index contributed by atoms with van der Waals surface area (Å²) < 4.78 is 0.